The molecule has 0 unspecified atom stereocenters. The van der Waals surface area contributed by atoms with Crippen molar-refractivity contribution in [2.45, 2.75) is 0 Å². The molecule has 0 aromatic heterocycles. The summed E-state index contributed by atoms with van der Waals surface area (Å²) in [6.45, 7) is 1.06. The molecule has 1 aromatic carbocycles. The van der Waals surface area contributed by atoms with Crippen molar-refractivity contribution >= 4 is 5.69 Å². The normalized spacial score (nSPS) is 13.0. The Morgan fingerprint density at radius 1 is 1.31 bits per heavy atom. The Balaban J connectivity index is 2.12. The average molecular weight is 180 g/mol. The molecule has 0 saturated carbocycles. The van der Waals surface area contributed by atoms with Gasteiger partial charge >= 0.3 is 0 Å². The summed E-state index contributed by atoms with van der Waals surface area (Å²) in [6.07, 6.45) is 0. The van der Waals surface area contributed by atoms with Crippen molar-refractivity contribution in [1.82, 2.24) is 5.32 Å². The molecule has 0 spiro atoms. The maximum absolute atomic E-state index is 5.24. The molecule has 13 heavy (non-hydrogen) atoms. The lowest BCUT2D eigenvalue weighted by molar-refractivity contribution is 0.174. The summed E-state index contributed by atoms with van der Waals surface area (Å²) in [5.41, 5.74) is 1.03. The van der Waals surface area contributed by atoms with Gasteiger partial charge in [0.2, 0.25) is 6.79 Å². The van der Waals surface area contributed by atoms with Gasteiger partial charge in [-0.05, 0) is 19.2 Å². The lowest BCUT2D eigenvalue weighted by Gasteiger charge is -2.05. The third kappa shape index (κ3) is 1.67. The zero-order valence-electron chi connectivity index (χ0n) is 7.46. The van der Waals surface area contributed by atoms with Crippen LogP contribution in [0.25, 0.3) is 0 Å². The molecule has 4 heteroatoms. The van der Waals surface area contributed by atoms with Crippen molar-refractivity contribution in [3.63, 3.8) is 0 Å². The van der Waals surface area contributed by atoms with Crippen LogP contribution in [0.15, 0.2) is 18.2 Å². The molecule has 0 amide bonds. The van der Waals surface area contributed by atoms with E-state index in [0.717, 1.165) is 23.9 Å². The van der Waals surface area contributed by atoms with Gasteiger partial charge in [0.05, 0.1) is 6.67 Å². The van der Waals surface area contributed by atoms with Gasteiger partial charge in [-0.2, -0.15) is 0 Å². The van der Waals surface area contributed by atoms with E-state index in [-0.39, 0.29) is 0 Å². The molecule has 2 N–H and O–H groups in total. The molecule has 1 heterocycles. The number of hydrogen-bond donors (Lipinski definition) is 2. The number of fused-ring (bicyclic) bond motifs is 1. The Bertz CT molecular complexity index is 302. The van der Waals surface area contributed by atoms with E-state index in [0.29, 0.717) is 6.79 Å². The Labute approximate surface area is 76.8 Å². The number of rotatable bonds is 3. The van der Waals surface area contributed by atoms with E-state index in [1.54, 1.807) is 0 Å². The summed E-state index contributed by atoms with van der Waals surface area (Å²) < 4.78 is 10.4. The van der Waals surface area contributed by atoms with Crippen molar-refractivity contribution in [3.8, 4) is 11.5 Å². The zero-order valence-corrected chi connectivity index (χ0v) is 7.46. The Morgan fingerprint density at radius 3 is 3.00 bits per heavy atom. The molecule has 0 bridgehead atoms. The largest absolute Gasteiger partial charge is 0.454 e. The molecule has 70 valence electrons. The molecule has 0 atom stereocenters. The number of anilines is 1. The molecular formula is C9H12N2O2. The van der Waals surface area contributed by atoms with Gasteiger partial charge in [-0.15, -0.1) is 0 Å². The smallest absolute Gasteiger partial charge is 0.231 e. The summed E-state index contributed by atoms with van der Waals surface area (Å²) in [5, 5.41) is 6.18. The van der Waals surface area contributed by atoms with Crippen LogP contribution in [0.3, 0.4) is 0 Å². The number of nitrogens with one attached hydrogen (secondary N) is 2. The second-order valence-corrected chi connectivity index (χ2v) is 2.78. The molecule has 0 saturated heterocycles. The van der Waals surface area contributed by atoms with E-state index in [1.165, 1.54) is 0 Å². The molecule has 1 aliphatic rings. The molecular weight excluding hydrogens is 168 g/mol. The van der Waals surface area contributed by atoms with Crippen LogP contribution >= 0.6 is 0 Å². The fourth-order valence-corrected chi connectivity index (χ4v) is 1.20. The van der Waals surface area contributed by atoms with Crippen molar-refractivity contribution in [1.29, 1.82) is 0 Å². The predicted molar refractivity (Wildman–Crippen MR) is 50.1 cm³/mol. The summed E-state index contributed by atoms with van der Waals surface area (Å²) >= 11 is 0. The highest BCUT2D eigenvalue weighted by atomic mass is 16.7. The Morgan fingerprint density at radius 2 is 2.15 bits per heavy atom. The van der Waals surface area contributed by atoms with E-state index in [1.807, 2.05) is 25.2 Å². The van der Waals surface area contributed by atoms with Crippen LogP contribution in [0.1, 0.15) is 0 Å². The summed E-state index contributed by atoms with van der Waals surface area (Å²) in [6, 6.07) is 5.80. The minimum absolute atomic E-state index is 0.324. The van der Waals surface area contributed by atoms with Gasteiger partial charge in [-0.1, -0.05) is 0 Å². The van der Waals surface area contributed by atoms with E-state index >= 15 is 0 Å². The monoisotopic (exact) mass is 180 g/mol. The minimum atomic E-state index is 0.324. The van der Waals surface area contributed by atoms with Crippen molar-refractivity contribution in [3.05, 3.63) is 18.2 Å². The average Bonchev–Trinajstić information content (AvgIpc) is 2.61. The fourth-order valence-electron chi connectivity index (χ4n) is 1.20. The first-order valence-electron chi connectivity index (χ1n) is 4.18. The van der Waals surface area contributed by atoms with E-state index < -0.39 is 0 Å². The predicted octanol–water partition coefficient (Wildman–Crippen LogP) is 1.00. The van der Waals surface area contributed by atoms with Gasteiger partial charge in [-0.3, -0.25) is 0 Å². The van der Waals surface area contributed by atoms with Gasteiger partial charge in [0.1, 0.15) is 0 Å². The van der Waals surface area contributed by atoms with Gasteiger partial charge in [0, 0.05) is 11.8 Å². The number of hydrogen-bond acceptors (Lipinski definition) is 4. The van der Waals surface area contributed by atoms with E-state index in [9.17, 15) is 0 Å². The van der Waals surface area contributed by atoms with Crippen molar-refractivity contribution in [2.75, 3.05) is 25.8 Å². The highest BCUT2D eigenvalue weighted by molar-refractivity contribution is 5.55. The molecule has 1 aliphatic heterocycles. The van der Waals surface area contributed by atoms with Gasteiger partial charge in [-0.25, -0.2) is 0 Å². The first-order chi connectivity index (χ1) is 6.40. The highest BCUT2D eigenvalue weighted by Gasteiger charge is 2.12. The zero-order chi connectivity index (χ0) is 9.10. The van der Waals surface area contributed by atoms with Crippen LogP contribution in [0.2, 0.25) is 0 Å². The quantitative estimate of drug-likeness (QED) is 0.681. The standard InChI is InChI=1S/C9H12N2O2/c1-10-5-11-7-2-3-8-9(4-7)13-6-12-8/h2-4,10-11H,5-6H2,1H3. The van der Waals surface area contributed by atoms with E-state index in [2.05, 4.69) is 10.6 Å². The number of benzene rings is 1. The number of ether oxygens (including phenoxy) is 2. The second-order valence-electron chi connectivity index (χ2n) is 2.78. The van der Waals surface area contributed by atoms with Crippen LogP contribution in [0.4, 0.5) is 5.69 Å². The third-order valence-electron chi connectivity index (χ3n) is 1.84. The Hall–Kier alpha value is -1.42. The maximum Gasteiger partial charge on any atom is 0.231 e. The molecule has 2 rings (SSSR count). The maximum atomic E-state index is 5.24. The Kier molecular flexibility index (Phi) is 2.23. The van der Waals surface area contributed by atoms with Crippen LogP contribution in [0.5, 0.6) is 11.5 Å². The molecule has 0 fully saturated rings. The first kappa shape index (κ1) is 8.19. The summed E-state index contributed by atoms with van der Waals surface area (Å²) in [4.78, 5) is 0. The fraction of sp³-hybridized carbons (Fsp3) is 0.333. The van der Waals surface area contributed by atoms with E-state index in [4.69, 9.17) is 9.47 Å². The topological polar surface area (TPSA) is 42.5 Å². The minimum Gasteiger partial charge on any atom is -0.454 e. The van der Waals surface area contributed by atoms with Gasteiger partial charge in [0.15, 0.2) is 11.5 Å². The summed E-state index contributed by atoms with van der Waals surface area (Å²) in [5.74, 6) is 1.62. The second kappa shape index (κ2) is 3.53. The summed E-state index contributed by atoms with van der Waals surface area (Å²) in [7, 11) is 1.89. The van der Waals surface area contributed by atoms with Gasteiger partial charge < -0.3 is 20.1 Å². The highest BCUT2D eigenvalue weighted by Crippen LogP contribution is 2.33. The van der Waals surface area contributed by atoms with Crippen LogP contribution in [-0.4, -0.2) is 20.5 Å². The third-order valence-corrected chi connectivity index (χ3v) is 1.84. The SMILES string of the molecule is CNCNc1ccc2c(c1)OCO2. The lowest BCUT2D eigenvalue weighted by atomic mass is 10.3. The lowest BCUT2D eigenvalue weighted by Crippen LogP contribution is -2.16. The molecule has 4 nitrogen and oxygen atoms in total. The van der Waals surface area contributed by atoms with Crippen molar-refractivity contribution in [2.24, 2.45) is 0 Å². The van der Waals surface area contributed by atoms with Crippen LogP contribution < -0.4 is 20.1 Å². The van der Waals surface area contributed by atoms with Crippen LogP contribution in [0, 0.1) is 0 Å². The van der Waals surface area contributed by atoms with Crippen molar-refractivity contribution < 1.29 is 9.47 Å². The molecule has 0 radical (unpaired) electrons. The van der Waals surface area contributed by atoms with Gasteiger partial charge in [0.25, 0.3) is 0 Å². The first-order valence-corrected chi connectivity index (χ1v) is 4.18. The molecule has 1 aromatic rings. The van der Waals surface area contributed by atoms with Crippen LogP contribution in [-0.2, 0) is 0 Å². The molecule has 0 aliphatic carbocycles.